The Labute approximate surface area is 162 Å². The van der Waals surface area contributed by atoms with Crippen molar-refractivity contribution >= 4 is 40.0 Å². The van der Waals surface area contributed by atoms with Crippen LogP contribution in [0.5, 0.6) is 0 Å². The highest BCUT2D eigenvalue weighted by atomic mass is 35.5. The Morgan fingerprint density at radius 1 is 1.19 bits per heavy atom. The second-order valence-corrected chi connectivity index (χ2v) is 7.92. The Balaban J connectivity index is 1.62. The van der Waals surface area contributed by atoms with Gasteiger partial charge in [0.05, 0.1) is 10.6 Å². The highest BCUT2D eigenvalue weighted by Gasteiger charge is 2.25. The number of hydrogen-bond donors (Lipinski definition) is 2. The molecule has 5 heteroatoms. The molecule has 2 N–H and O–H groups in total. The molecule has 0 saturated carbocycles. The van der Waals surface area contributed by atoms with E-state index < -0.39 is 0 Å². The molecule has 1 aliphatic carbocycles. The summed E-state index contributed by atoms with van der Waals surface area (Å²) in [6, 6.07) is 9.60. The third-order valence-electron chi connectivity index (χ3n) is 5.24. The lowest BCUT2D eigenvalue weighted by molar-refractivity contribution is 0.0933. The van der Waals surface area contributed by atoms with Gasteiger partial charge in [-0.25, -0.2) is 0 Å². The van der Waals surface area contributed by atoms with Gasteiger partial charge in [0.25, 0.3) is 5.91 Å². The lowest BCUT2D eigenvalue weighted by atomic mass is 9.91. The minimum Gasteiger partial charge on any atom is -0.358 e. The van der Waals surface area contributed by atoms with Gasteiger partial charge in [0, 0.05) is 27.7 Å². The zero-order valence-corrected chi connectivity index (χ0v) is 16.3. The van der Waals surface area contributed by atoms with Crippen LogP contribution in [0.3, 0.4) is 0 Å². The number of hydrogen-bond acceptors (Lipinski definition) is 1. The van der Waals surface area contributed by atoms with Crippen molar-refractivity contribution in [3.63, 3.8) is 0 Å². The fourth-order valence-corrected chi connectivity index (χ4v) is 4.53. The Hall–Kier alpha value is -1.97. The smallest absolute Gasteiger partial charge is 0.253 e. The number of nitrogens with one attached hydrogen (secondary N) is 2. The predicted octanol–water partition coefficient (Wildman–Crippen LogP) is 5.38. The summed E-state index contributed by atoms with van der Waals surface area (Å²) in [5.74, 6) is -0.101. The third-order valence-corrected chi connectivity index (χ3v) is 5.78. The number of rotatable bonds is 2. The van der Waals surface area contributed by atoms with E-state index in [-0.39, 0.29) is 11.9 Å². The molecule has 26 heavy (non-hydrogen) atoms. The van der Waals surface area contributed by atoms with E-state index in [1.807, 2.05) is 31.2 Å². The van der Waals surface area contributed by atoms with Gasteiger partial charge in [-0.3, -0.25) is 4.79 Å². The van der Waals surface area contributed by atoms with Gasteiger partial charge in [0.1, 0.15) is 0 Å². The normalized spacial score (nSPS) is 16.5. The standard InChI is InChI=1S/C21H20Cl2N2O/c1-11-4-3-5-17(23)19(11)21(26)24-14-6-7-18-15(10-14)16-9-13(22)8-12(2)20(16)25-18/h3-5,8-9,14,25H,6-7,10H2,1-2H3,(H,24,26)/t14-/m1/s1. The van der Waals surface area contributed by atoms with Crippen LogP contribution in [0, 0.1) is 13.8 Å². The molecular formula is C21H20Cl2N2O. The molecule has 3 nitrogen and oxygen atoms in total. The van der Waals surface area contributed by atoms with E-state index in [9.17, 15) is 4.79 Å². The van der Waals surface area contributed by atoms with Gasteiger partial charge in [-0.1, -0.05) is 35.3 Å². The third kappa shape index (κ3) is 3.00. The average molecular weight is 387 g/mol. The Morgan fingerprint density at radius 3 is 2.77 bits per heavy atom. The Kier molecular flexibility index (Phi) is 4.45. The highest BCUT2D eigenvalue weighted by molar-refractivity contribution is 6.34. The molecule has 1 aliphatic rings. The topological polar surface area (TPSA) is 44.9 Å². The van der Waals surface area contributed by atoms with Crippen molar-refractivity contribution in [2.24, 2.45) is 0 Å². The second-order valence-electron chi connectivity index (χ2n) is 7.07. The first-order valence-corrected chi connectivity index (χ1v) is 9.55. The monoisotopic (exact) mass is 386 g/mol. The summed E-state index contributed by atoms with van der Waals surface area (Å²) in [5.41, 5.74) is 6.27. The molecule has 1 amide bonds. The summed E-state index contributed by atoms with van der Waals surface area (Å²) >= 11 is 12.5. The SMILES string of the molecule is Cc1cccc(Cl)c1C(=O)N[C@@H]1CCc2[nH]c3c(C)cc(Cl)cc3c2C1. The Bertz CT molecular complexity index is 1000. The number of halogens is 2. The largest absolute Gasteiger partial charge is 0.358 e. The lowest BCUT2D eigenvalue weighted by Gasteiger charge is -2.24. The number of aromatic amines is 1. The fraction of sp³-hybridized carbons (Fsp3) is 0.286. The summed E-state index contributed by atoms with van der Waals surface area (Å²) < 4.78 is 0. The summed E-state index contributed by atoms with van der Waals surface area (Å²) in [5, 5.41) is 5.57. The van der Waals surface area contributed by atoms with Crippen molar-refractivity contribution in [2.45, 2.75) is 39.2 Å². The van der Waals surface area contributed by atoms with Crippen molar-refractivity contribution in [3.05, 3.63) is 68.3 Å². The summed E-state index contributed by atoms with van der Waals surface area (Å²) in [6.07, 6.45) is 2.61. The summed E-state index contributed by atoms with van der Waals surface area (Å²) in [4.78, 5) is 16.3. The van der Waals surface area contributed by atoms with E-state index in [2.05, 4.69) is 17.2 Å². The molecule has 0 fully saturated rings. The van der Waals surface area contributed by atoms with Gasteiger partial charge in [0.2, 0.25) is 0 Å². The van der Waals surface area contributed by atoms with Crippen molar-refractivity contribution < 1.29 is 4.79 Å². The quantitative estimate of drug-likeness (QED) is 0.609. The van der Waals surface area contributed by atoms with Crippen LogP contribution in [-0.4, -0.2) is 16.9 Å². The number of carbonyl (C=O) groups is 1. The second kappa shape index (κ2) is 6.64. The first kappa shape index (κ1) is 17.4. The van der Waals surface area contributed by atoms with Gasteiger partial charge in [-0.2, -0.15) is 0 Å². The van der Waals surface area contributed by atoms with Crippen LogP contribution in [0.1, 0.15) is 39.2 Å². The van der Waals surface area contributed by atoms with Gasteiger partial charge < -0.3 is 10.3 Å². The van der Waals surface area contributed by atoms with E-state index in [4.69, 9.17) is 23.2 Å². The van der Waals surface area contributed by atoms with E-state index in [1.165, 1.54) is 11.3 Å². The lowest BCUT2D eigenvalue weighted by Crippen LogP contribution is -2.39. The van der Waals surface area contributed by atoms with Gasteiger partial charge in [-0.05, 0) is 68.0 Å². The minimum absolute atomic E-state index is 0.0870. The molecule has 0 saturated heterocycles. The van der Waals surface area contributed by atoms with Crippen LogP contribution in [0.15, 0.2) is 30.3 Å². The highest BCUT2D eigenvalue weighted by Crippen LogP contribution is 2.33. The zero-order chi connectivity index (χ0) is 18.4. The molecule has 2 aromatic carbocycles. The molecule has 0 aliphatic heterocycles. The molecule has 1 atom stereocenters. The van der Waals surface area contributed by atoms with E-state index in [0.29, 0.717) is 10.6 Å². The van der Waals surface area contributed by atoms with Crippen LogP contribution in [0.4, 0.5) is 0 Å². The number of H-pyrrole nitrogens is 1. The van der Waals surface area contributed by atoms with Gasteiger partial charge >= 0.3 is 0 Å². The molecule has 4 rings (SSSR count). The number of fused-ring (bicyclic) bond motifs is 3. The van der Waals surface area contributed by atoms with Crippen LogP contribution in [0.25, 0.3) is 10.9 Å². The minimum atomic E-state index is -0.101. The van der Waals surface area contributed by atoms with E-state index in [1.54, 1.807) is 6.07 Å². The van der Waals surface area contributed by atoms with E-state index >= 15 is 0 Å². The fourth-order valence-electron chi connectivity index (χ4n) is 3.95. The molecule has 1 aromatic heterocycles. The maximum absolute atomic E-state index is 12.8. The zero-order valence-electron chi connectivity index (χ0n) is 14.7. The predicted molar refractivity (Wildman–Crippen MR) is 108 cm³/mol. The maximum Gasteiger partial charge on any atom is 0.253 e. The van der Waals surface area contributed by atoms with Crippen LogP contribution >= 0.6 is 23.2 Å². The summed E-state index contributed by atoms with van der Waals surface area (Å²) in [7, 11) is 0. The van der Waals surface area contributed by atoms with Gasteiger partial charge in [0.15, 0.2) is 0 Å². The molecular weight excluding hydrogens is 367 g/mol. The Morgan fingerprint density at radius 2 is 2.00 bits per heavy atom. The van der Waals surface area contributed by atoms with Crippen LogP contribution in [-0.2, 0) is 12.8 Å². The number of amides is 1. The number of aryl methyl sites for hydroxylation is 3. The molecule has 3 aromatic rings. The van der Waals surface area contributed by atoms with Crippen molar-refractivity contribution in [1.82, 2.24) is 10.3 Å². The molecule has 1 heterocycles. The van der Waals surface area contributed by atoms with Crippen LogP contribution in [0.2, 0.25) is 10.0 Å². The summed E-state index contributed by atoms with van der Waals surface area (Å²) in [6.45, 7) is 3.97. The number of carbonyl (C=O) groups excluding carboxylic acids is 1. The van der Waals surface area contributed by atoms with Gasteiger partial charge in [-0.15, -0.1) is 0 Å². The van der Waals surface area contributed by atoms with Crippen molar-refractivity contribution in [2.75, 3.05) is 0 Å². The van der Waals surface area contributed by atoms with Crippen molar-refractivity contribution in [3.8, 4) is 0 Å². The number of aromatic nitrogens is 1. The number of benzene rings is 2. The first-order chi connectivity index (χ1) is 12.4. The maximum atomic E-state index is 12.8. The first-order valence-electron chi connectivity index (χ1n) is 8.79. The molecule has 0 unspecified atom stereocenters. The van der Waals surface area contributed by atoms with E-state index in [0.717, 1.165) is 46.3 Å². The molecule has 0 spiro atoms. The van der Waals surface area contributed by atoms with Crippen LogP contribution < -0.4 is 5.32 Å². The molecule has 134 valence electrons. The van der Waals surface area contributed by atoms with Crippen molar-refractivity contribution in [1.29, 1.82) is 0 Å². The average Bonchev–Trinajstić information content (AvgIpc) is 2.93. The molecule has 0 radical (unpaired) electrons. The molecule has 0 bridgehead atoms.